The molecule has 3 rings (SSSR count). The van der Waals surface area contributed by atoms with Crippen LogP contribution in [0.2, 0.25) is 0 Å². The first-order chi connectivity index (χ1) is 14.8. The van der Waals surface area contributed by atoms with E-state index in [1.54, 1.807) is 31.3 Å². The smallest absolute Gasteiger partial charge is 0.260 e. The average molecular weight is 480 g/mol. The summed E-state index contributed by atoms with van der Waals surface area (Å²) in [5.41, 5.74) is 1.26. The second-order valence-electron chi connectivity index (χ2n) is 7.60. The van der Waals surface area contributed by atoms with Crippen molar-refractivity contribution < 1.29 is 19.0 Å². The van der Waals surface area contributed by atoms with Crippen LogP contribution >= 0.6 is 23.7 Å². The molecule has 0 saturated heterocycles. The highest BCUT2D eigenvalue weighted by Gasteiger charge is 2.24. The number of hydrogen-bond acceptors (Lipinski definition) is 7. The highest BCUT2D eigenvalue weighted by atomic mass is 35.5. The van der Waals surface area contributed by atoms with Gasteiger partial charge in [0.2, 0.25) is 0 Å². The van der Waals surface area contributed by atoms with Crippen LogP contribution in [0, 0.1) is 0 Å². The monoisotopic (exact) mass is 479 g/mol. The molecule has 0 aliphatic carbocycles. The Bertz CT molecular complexity index is 997. The largest absolute Gasteiger partial charge is 0.495 e. The molecule has 0 unspecified atom stereocenters. The maximum atomic E-state index is 13.4. The Morgan fingerprint density at radius 2 is 1.62 bits per heavy atom. The second-order valence-corrected chi connectivity index (χ2v) is 8.57. The summed E-state index contributed by atoms with van der Waals surface area (Å²) in [6.45, 7) is 5.14. The van der Waals surface area contributed by atoms with E-state index in [0.717, 1.165) is 10.4 Å². The summed E-state index contributed by atoms with van der Waals surface area (Å²) in [5.74, 6) is 1.97. The molecule has 2 aromatic carbocycles. The van der Waals surface area contributed by atoms with E-state index in [9.17, 15) is 4.79 Å². The number of nitrogens with zero attached hydrogens (tertiary/aromatic N) is 3. The highest BCUT2D eigenvalue weighted by molar-refractivity contribution is 7.22. The molecule has 0 spiro atoms. The third-order valence-electron chi connectivity index (χ3n) is 4.62. The van der Waals surface area contributed by atoms with Crippen LogP contribution in [-0.2, 0) is 0 Å². The maximum Gasteiger partial charge on any atom is 0.260 e. The van der Waals surface area contributed by atoms with Crippen LogP contribution in [0.15, 0.2) is 36.4 Å². The maximum absolute atomic E-state index is 13.4. The Morgan fingerprint density at radius 3 is 2.19 bits per heavy atom. The van der Waals surface area contributed by atoms with Crippen molar-refractivity contribution in [3.05, 3.63) is 42.0 Å². The molecule has 174 valence electrons. The number of amides is 1. The predicted octanol–water partition coefficient (Wildman–Crippen LogP) is 4.73. The highest BCUT2D eigenvalue weighted by Crippen LogP contribution is 2.40. The van der Waals surface area contributed by atoms with Gasteiger partial charge in [-0.1, -0.05) is 11.3 Å². The number of carbonyl (C=O) groups is 1. The van der Waals surface area contributed by atoms with Gasteiger partial charge in [-0.25, -0.2) is 4.98 Å². The van der Waals surface area contributed by atoms with Crippen molar-refractivity contribution in [1.82, 2.24) is 9.88 Å². The lowest BCUT2D eigenvalue weighted by Gasteiger charge is -2.22. The molecule has 32 heavy (non-hydrogen) atoms. The zero-order chi connectivity index (χ0) is 22.5. The van der Waals surface area contributed by atoms with E-state index < -0.39 is 0 Å². The molecule has 0 aliphatic heterocycles. The fourth-order valence-corrected chi connectivity index (χ4v) is 4.18. The summed E-state index contributed by atoms with van der Waals surface area (Å²) in [5, 5.41) is 0.604. The van der Waals surface area contributed by atoms with Gasteiger partial charge in [0.25, 0.3) is 5.91 Å². The zero-order valence-electron chi connectivity index (χ0n) is 19.2. The van der Waals surface area contributed by atoms with E-state index in [2.05, 4.69) is 0 Å². The average Bonchev–Trinajstić information content (AvgIpc) is 3.18. The van der Waals surface area contributed by atoms with Gasteiger partial charge in [-0.2, -0.15) is 0 Å². The lowest BCUT2D eigenvalue weighted by Crippen LogP contribution is -2.36. The molecular formula is C23H30ClN3O4S. The lowest BCUT2D eigenvalue weighted by molar-refractivity contribution is 0.0985. The van der Waals surface area contributed by atoms with Crippen molar-refractivity contribution in [1.29, 1.82) is 0 Å². The van der Waals surface area contributed by atoms with E-state index in [1.165, 1.54) is 11.3 Å². The number of thiazole rings is 1. The molecular weight excluding hydrogens is 450 g/mol. The van der Waals surface area contributed by atoms with Gasteiger partial charge in [-0.3, -0.25) is 9.69 Å². The van der Waals surface area contributed by atoms with E-state index in [-0.39, 0.29) is 24.4 Å². The van der Waals surface area contributed by atoms with Gasteiger partial charge in [0.05, 0.1) is 20.3 Å². The number of hydrogen-bond donors (Lipinski definition) is 0. The molecule has 9 heteroatoms. The van der Waals surface area contributed by atoms with Crippen LogP contribution < -0.4 is 19.1 Å². The van der Waals surface area contributed by atoms with Crippen LogP contribution in [-0.4, -0.2) is 63.3 Å². The van der Waals surface area contributed by atoms with E-state index in [1.807, 2.05) is 57.1 Å². The predicted molar refractivity (Wildman–Crippen MR) is 132 cm³/mol. The van der Waals surface area contributed by atoms with Crippen molar-refractivity contribution in [2.24, 2.45) is 0 Å². The third kappa shape index (κ3) is 5.82. The number of halogens is 1. The van der Waals surface area contributed by atoms with E-state index >= 15 is 0 Å². The van der Waals surface area contributed by atoms with Crippen molar-refractivity contribution in [3.63, 3.8) is 0 Å². The minimum Gasteiger partial charge on any atom is -0.495 e. The number of fused-ring (bicyclic) bond motifs is 1. The second kappa shape index (κ2) is 11.4. The minimum atomic E-state index is -0.116. The number of likely N-dealkylation sites (N-methyl/N-ethyl adjacent to an activating group) is 1. The zero-order valence-corrected chi connectivity index (χ0v) is 20.9. The van der Waals surface area contributed by atoms with Gasteiger partial charge in [0, 0.05) is 18.7 Å². The first-order valence-electron chi connectivity index (χ1n) is 10.1. The fourth-order valence-electron chi connectivity index (χ4n) is 3.08. The third-order valence-corrected chi connectivity index (χ3v) is 5.71. The summed E-state index contributed by atoms with van der Waals surface area (Å²) < 4.78 is 17.5. The van der Waals surface area contributed by atoms with E-state index in [0.29, 0.717) is 40.8 Å². The standard InChI is InChI=1S/C23H29N3O4S.ClH/c1-15(2)30-17-9-7-16(8-10-17)22(27)26(14-13-25(3)4)23-24-20-18(28-5)11-12-19(29-6)21(20)31-23;/h7-12,15H,13-14H2,1-6H3;1H. The quantitative estimate of drug-likeness (QED) is 0.442. The number of carbonyl (C=O) groups excluding carboxylic acids is 1. The molecule has 0 radical (unpaired) electrons. The Morgan fingerprint density at radius 1 is 1.00 bits per heavy atom. The lowest BCUT2D eigenvalue weighted by atomic mass is 10.2. The van der Waals surface area contributed by atoms with Gasteiger partial charge >= 0.3 is 0 Å². The topological polar surface area (TPSA) is 64.1 Å². The number of ether oxygens (including phenoxy) is 3. The molecule has 0 saturated carbocycles. The molecule has 0 N–H and O–H groups in total. The molecule has 3 aromatic rings. The molecule has 1 heterocycles. The van der Waals surface area contributed by atoms with Gasteiger partial charge in [-0.15, -0.1) is 12.4 Å². The fraction of sp³-hybridized carbons (Fsp3) is 0.391. The van der Waals surface area contributed by atoms with Gasteiger partial charge in [0.15, 0.2) is 5.13 Å². The molecule has 0 bridgehead atoms. The molecule has 0 fully saturated rings. The van der Waals surface area contributed by atoms with Crippen LogP contribution in [0.1, 0.15) is 24.2 Å². The van der Waals surface area contributed by atoms with Gasteiger partial charge in [0.1, 0.15) is 27.5 Å². The molecule has 0 atom stereocenters. The summed E-state index contributed by atoms with van der Waals surface area (Å²) in [4.78, 5) is 21.9. The Kier molecular flexibility index (Phi) is 9.12. The van der Waals surface area contributed by atoms with Gasteiger partial charge < -0.3 is 19.1 Å². The Hall–Kier alpha value is -2.55. The molecule has 0 aliphatic rings. The first kappa shape index (κ1) is 25.7. The number of benzene rings is 2. The number of aromatic nitrogens is 1. The normalized spacial score (nSPS) is 10.9. The summed E-state index contributed by atoms with van der Waals surface area (Å²) in [6.07, 6.45) is 0.0749. The molecule has 1 amide bonds. The van der Waals surface area contributed by atoms with Crippen LogP contribution in [0.3, 0.4) is 0 Å². The summed E-state index contributed by atoms with van der Waals surface area (Å²) >= 11 is 1.42. The number of methoxy groups -OCH3 is 2. The summed E-state index contributed by atoms with van der Waals surface area (Å²) in [7, 11) is 7.18. The molecule has 1 aromatic heterocycles. The van der Waals surface area contributed by atoms with Crippen molar-refractivity contribution in [2.45, 2.75) is 20.0 Å². The molecule has 7 nitrogen and oxygen atoms in total. The Labute approximate surface area is 199 Å². The van der Waals surface area contributed by atoms with Crippen LogP contribution in [0.25, 0.3) is 10.2 Å². The minimum absolute atomic E-state index is 0. The van der Waals surface area contributed by atoms with Crippen LogP contribution in [0.4, 0.5) is 5.13 Å². The first-order valence-corrected chi connectivity index (χ1v) is 10.9. The van der Waals surface area contributed by atoms with Crippen LogP contribution in [0.5, 0.6) is 17.2 Å². The van der Waals surface area contributed by atoms with Crippen molar-refractivity contribution >= 4 is 45.0 Å². The SMILES string of the molecule is COc1ccc(OC)c2sc(N(CCN(C)C)C(=O)c3ccc(OC(C)C)cc3)nc12.Cl. The van der Waals surface area contributed by atoms with Crippen molar-refractivity contribution in [3.8, 4) is 17.2 Å². The summed E-state index contributed by atoms with van der Waals surface area (Å²) in [6, 6.07) is 10.9. The Balaban J connectivity index is 0.00000363. The van der Waals surface area contributed by atoms with Crippen molar-refractivity contribution in [2.75, 3.05) is 46.3 Å². The van der Waals surface area contributed by atoms with E-state index in [4.69, 9.17) is 19.2 Å². The number of anilines is 1. The van der Waals surface area contributed by atoms with Gasteiger partial charge in [-0.05, 0) is 64.3 Å². The number of rotatable bonds is 9.